The smallest absolute Gasteiger partial charge is 0.139 e. The molecule has 1 aromatic carbocycles. The van der Waals surface area contributed by atoms with Crippen molar-refractivity contribution in [2.75, 3.05) is 6.54 Å². The summed E-state index contributed by atoms with van der Waals surface area (Å²) in [7, 11) is 0. The Balaban J connectivity index is 2.41. The fourth-order valence-electron chi connectivity index (χ4n) is 1.77. The molecule has 1 N–H and O–H groups in total. The molecule has 1 heterocycles. The van der Waals surface area contributed by atoms with Crippen molar-refractivity contribution in [1.82, 2.24) is 5.32 Å². The quantitative estimate of drug-likeness (QED) is 0.776. The summed E-state index contributed by atoms with van der Waals surface area (Å²) in [6.45, 7) is 2.90. The largest absolute Gasteiger partial charge is 0.466 e. The molecule has 2 nitrogen and oxygen atoms in total. The molecule has 0 radical (unpaired) electrons. The van der Waals surface area contributed by atoms with Gasteiger partial charge in [0.05, 0.1) is 21.8 Å². The molecular weight excluding hydrogens is 381 g/mol. The van der Waals surface area contributed by atoms with E-state index in [0.717, 1.165) is 26.8 Å². The van der Waals surface area contributed by atoms with Crippen LogP contribution in [0.4, 0.5) is 0 Å². The lowest BCUT2D eigenvalue weighted by Gasteiger charge is -2.17. The first-order valence-corrected chi connectivity index (χ1v) is 7.51. The van der Waals surface area contributed by atoms with Gasteiger partial charge in [0.15, 0.2) is 0 Å². The highest BCUT2D eigenvalue weighted by Crippen LogP contribution is 2.32. The van der Waals surface area contributed by atoms with Crippen molar-refractivity contribution in [1.29, 1.82) is 0 Å². The zero-order valence-corrected chi connectivity index (χ0v) is 13.6. The standard InChI is InChI=1S/C13H12Br2ClNO/c1-2-17-12(13-10(15)5-6-18-13)8-3-4-9(14)11(16)7-8/h3-7,12,17H,2H2,1H3. The first kappa shape index (κ1) is 14.1. The molecule has 0 aliphatic rings. The fourth-order valence-corrected chi connectivity index (χ4v) is 2.64. The summed E-state index contributed by atoms with van der Waals surface area (Å²) in [5.41, 5.74) is 1.07. The van der Waals surface area contributed by atoms with Gasteiger partial charge < -0.3 is 9.73 Å². The lowest BCUT2D eigenvalue weighted by atomic mass is 10.0. The molecule has 0 amide bonds. The minimum Gasteiger partial charge on any atom is -0.466 e. The van der Waals surface area contributed by atoms with Crippen molar-refractivity contribution in [2.24, 2.45) is 0 Å². The number of hydrogen-bond donors (Lipinski definition) is 1. The molecule has 1 unspecified atom stereocenters. The normalized spacial score (nSPS) is 12.7. The molecule has 0 aliphatic heterocycles. The molecule has 1 atom stereocenters. The highest BCUT2D eigenvalue weighted by molar-refractivity contribution is 9.10. The van der Waals surface area contributed by atoms with Crippen molar-refractivity contribution < 1.29 is 4.42 Å². The van der Waals surface area contributed by atoms with Gasteiger partial charge in [-0.05, 0) is 62.2 Å². The molecule has 0 spiro atoms. The second-order valence-electron chi connectivity index (χ2n) is 3.80. The molecule has 2 rings (SSSR count). The maximum atomic E-state index is 6.14. The van der Waals surface area contributed by atoms with Gasteiger partial charge in [0.2, 0.25) is 0 Å². The Labute approximate surface area is 128 Å². The Hall–Kier alpha value is -0.290. The van der Waals surface area contributed by atoms with E-state index >= 15 is 0 Å². The predicted octanol–water partition coefficient (Wildman–Crippen LogP) is 5.16. The van der Waals surface area contributed by atoms with Crippen LogP contribution in [0, 0.1) is 0 Å². The lowest BCUT2D eigenvalue weighted by molar-refractivity contribution is 0.450. The third-order valence-corrected chi connectivity index (χ3v) is 4.48. The topological polar surface area (TPSA) is 25.2 Å². The van der Waals surface area contributed by atoms with Crippen LogP contribution in [0.2, 0.25) is 5.02 Å². The molecule has 5 heteroatoms. The molecule has 2 aromatic rings. The van der Waals surface area contributed by atoms with Crippen LogP contribution in [0.15, 0.2) is 43.9 Å². The molecule has 1 aromatic heterocycles. The van der Waals surface area contributed by atoms with Gasteiger partial charge in [-0.15, -0.1) is 0 Å². The van der Waals surface area contributed by atoms with E-state index in [4.69, 9.17) is 16.0 Å². The Morgan fingerprint density at radius 3 is 2.61 bits per heavy atom. The van der Waals surface area contributed by atoms with Crippen LogP contribution < -0.4 is 5.32 Å². The van der Waals surface area contributed by atoms with Crippen LogP contribution in [0.25, 0.3) is 0 Å². The second-order valence-corrected chi connectivity index (χ2v) is 5.91. The van der Waals surface area contributed by atoms with Crippen molar-refractivity contribution in [2.45, 2.75) is 13.0 Å². The van der Waals surface area contributed by atoms with Crippen molar-refractivity contribution >= 4 is 43.5 Å². The predicted molar refractivity (Wildman–Crippen MR) is 81.1 cm³/mol. The number of hydrogen-bond acceptors (Lipinski definition) is 2. The van der Waals surface area contributed by atoms with Gasteiger partial charge in [-0.2, -0.15) is 0 Å². The van der Waals surface area contributed by atoms with Crippen LogP contribution in [-0.2, 0) is 0 Å². The fraction of sp³-hybridized carbons (Fsp3) is 0.231. The van der Waals surface area contributed by atoms with E-state index in [9.17, 15) is 0 Å². The van der Waals surface area contributed by atoms with Gasteiger partial charge in [-0.25, -0.2) is 0 Å². The summed E-state index contributed by atoms with van der Waals surface area (Å²) in [5.74, 6) is 0.857. The Morgan fingerprint density at radius 1 is 1.28 bits per heavy atom. The monoisotopic (exact) mass is 391 g/mol. The van der Waals surface area contributed by atoms with Gasteiger partial charge in [-0.1, -0.05) is 24.6 Å². The Morgan fingerprint density at radius 2 is 2.06 bits per heavy atom. The number of rotatable bonds is 4. The zero-order chi connectivity index (χ0) is 13.1. The van der Waals surface area contributed by atoms with Crippen molar-refractivity contribution in [3.63, 3.8) is 0 Å². The molecule has 96 valence electrons. The zero-order valence-electron chi connectivity index (χ0n) is 9.71. The van der Waals surface area contributed by atoms with Gasteiger partial charge in [0, 0.05) is 4.47 Å². The maximum absolute atomic E-state index is 6.14. The molecular formula is C13H12Br2ClNO. The summed E-state index contributed by atoms with van der Waals surface area (Å²) in [6.07, 6.45) is 1.67. The molecule has 0 aliphatic carbocycles. The van der Waals surface area contributed by atoms with Crippen LogP contribution in [0.1, 0.15) is 24.3 Å². The van der Waals surface area contributed by atoms with Crippen molar-refractivity contribution in [3.8, 4) is 0 Å². The van der Waals surface area contributed by atoms with Gasteiger partial charge >= 0.3 is 0 Å². The molecule has 0 fully saturated rings. The van der Waals surface area contributed by atoms with E-state index in [-0.39, 0.29) is 6.04 Å². The summed E-state index contributed by atoms with van der Waals surface area (Å²) in [5, 5.41) is 4.08. The van der Waals surface area contributed by atoms with Crippen LogP contribution >= 0.6 is 43.5 Å². The highest BCUT2D eigenvalue weighted by atomic mass is 79.9. The third kappa shape index (κ3) is 2.99. The minimum absolute atomic E-state index is 0.00928. The van der Waals surface area contributed by atoms with Gasteiger partial charge in [0.1, 0.15) is 5.76 Å². The average molecular weight is 394 g/mol. The SMILES string of the molecule is CCNC(c1ccc(Br)c(Cl)c1)c1occc1Br. The first-order chi connectivity index (χ1) is 8.63. The summed E-state index contributed by atoms with van der Waals surface area (Å²) in [4.78, 5) is 0. The van der Waals surface area contributed by atoms with Gasteiger partial charge in [0.25, 0.3) is 0 Å². The Kier molecular flexibility index (Phi) is 4.90. The van der Waals surface area contributed by atoms with Crippen LogP contribution in [0.5, 0.6) is 0 Å². The van der Waals surface area contributed by atoms with E-state index in [1.807, 2.05) is 24.3 Å². The molecule has 0 bridgehead atoms. The molecule has 0 saturated carbocycles. The number of furan rings is 1. The van der Waals surface area contributed by atoms with Crippen molar-refractivity contribution in [3.05, 3.63) is 55.8 Å². The summed E-state index contributed by atoms with van der Waals surface area (Å²) < 4.78 is 7.38. The Bertz CT molecular complexity index is 542. The van der Waals surface area contributed by atoms with E-state index in [1.165, 1.54) is 0 Å². The average Bonchev–Trinajstić information content (AvgIpc) is 2.76. The number of halogens is 3. The van der Waals surface area contributed by atoms with Crippen LogP contribution in [-0.4, -0.2) is 6.54 Å². The first-order valence-electron chi connectivity index (χ1n) is 5.54. The van der Waals surface area contributed by atoms with Crippen LogP contribution in [0.3, 0.4) is 0 Å². The van der Waals surface area contributed by atoms with E-state index in [0.29, 0.717) is 5.02 Å². The van der Waals surface area contributed by atoms with E-state index in [2.05, 4.69) is 44.1 Å². The molecule has 0 saturated heterocycles. The summed E-state index contributed by atoms with van der Waals surface area (Å²) >= 11 is 13.0. The van der Waals surface area contributed by atoms with Gasteiger partial charge in [-0.3, -0.25) is 0 Å². The third-order valence-electron chi connectivity index (χ3n) is 2.59. The second kappa shape index (κ2) is 6.24. The maximum Gasteiger partial charge on any atom is 0.139 e. The lowest BCUT2D eigenvalue weighted by Crippen LogP contribution is -2.21. The number of benzene rings is 1. The highest BCUT2D eigenvalue weighted by Gasteiger charge is 2.19. The number of nitrogens with one attached hydrogen (secondary N) is 1. The minimum atomic E-state index is -0.00928. The molecule has 18 heavy (non-hydrogen) atoms. The summed E-state index contributed by atoms with van der Waals surface area (Å²) in [6, 6.07) is 7.79. The van der Waals surface area contributed by atoms with E-state index in [1.54, 1.807) is 6.26 Å². The van der Waals surface area contributed by atoms with E-state index < -0.39 is 0 Å².